The summed E-state index contributed by atoms with van der Waals surface area (Å²) in [5.41, 5.74) is 6.74. The van der Waals surface area contributed by atoms with Crippen LogP contribution in [0.4, 0.5) is 11.4 Å². The van der Waals surface area contributed by atoms with Gasteiger partial charge < -0.3 is 4.57 Å². The lowest BCUT2D eigenvalue weighted by atomic mass is 9.95. The molecule has 5 rings (SSSR count). The van der Waals surface area contributed by atoms with Gasteiger partial charge in [-0.3, -0.25) is 19.4 Å². The Morgan fingerprint density at radius 2 is 1.43 bits per heavy atom. The van der Waals surface area contributed by atoms with Crippen molar-refractivity contribution in [3.63, 3.8) is 0 Å². The van der Waals surface area contributed by atoms with Crippen LogP contribution in [-0.2, 0) is 9.59 Å². The lowest BCUT2D eigenvalue weighted by molar-refractivity contribution is -0.120. The molecule has 37 heavy (non-hydrogen) atoms. The summed E-state index contributed by atoms with van der Waals surface area (Å²) >= 11 is 5.78. The van der Waals surface area contributed by atoms with Gasteiger partial charge in [-0.25, -0.2) is 0 Å². The number of nitrogens with zero attached hydrogens (tertiary/aromatic N) is 3. The molecule has 6 heteroatoms. The second kappa shape index (κ2) is 10.1. The minimum absolute atomic E-state index is 0.111. The number of thiocarbonyl (C=S) groups is 1. The van der Waals surface area contributed by atoms with Gasteiger partial charge in [0.05, 0.1) is 11.4 Å². The van der Waals surface area contributed by atoms with Crippen LogP contribution in [0.15, 0.2) is 60.2 Å². The average Bonchev–Trinajstić information content (AvgIpc) is 3.17. The van der Waals surface area contributed by atoms with E-state index in [0.717, 1.165) is 28.1 Å². The number of hydrogen-bond acceptors (Lipinski definition) is 3. The molecule has 0 radical (unpaired) electrons. The fourth-order valence-corrected chi connectivity index (χ4v) is 6.01. The number of para-hydroxylation sites is 1. The highest BCUT2D eigenvalue weighted by atomic mass is 32.1. The molecule has 2 heterocycles. The van der Waals surface area contributed by atoms with Gasteiger partial charge in [-0.05, 0) is 106 Å². The van der Waals surface area contributed by atoms with Crippen LogP contribution in [0.25, 0.3) is 6.08 Å². The number of aromatic nitrogens is 1. The summed E-state index contributed by atoms with van der Waals surface area (Å²) in [5.74, 6) is -0.795. The number of rotatable bonds is 4. The van der Waals surface area contributed by atoms with Crippen molar-refractivity contribution >= 4 is 46.6 Å². The summed E-state index contributed by atoms with van der Waals surface area (Å²) < 4.78 is 2.39. The van der Waals surface area contributed by atoms with E-state index in [-0.39, 0.29) is 10.7 Å². The van der Waals surface area contributed by atoms with Crippen molar-refractivity contribution in [2.45, 2.75) is 65.8 Å². The van der Waals surface area contributed by atoms with E-state index in [1.54, 1.807) is 6.08 Å². The van der Waals surface area contributed by atoms with Crippen molar-refractivity contribution in [2.24, 2.45) is 0 Å². The summed E-state index contributed by atoms with van der Waals surface area (Å²) in [6.45, 7) is 8.24. The van der Waals surface area contributed by atoms with Crippen LogP contribution in [0.3, 0.4) is 0 Å². The van der Waals surface area contributed by atoms with E-state index in [2.05, 4.69) is 24.5 Å². The maximum Gasteiger partial charge on any atom is 0.270 e. The molecule has 0 N–H and O–H groups in total. The number of anilines is 2. The Balaban J connectivity index is 1.63. The SMILES string of the molecule is Cc1ccc(N2C(=O)/C(=C\c3cc(C)n(C4CCCCC4)c3C)C(=O)N(c3ccccc3)C2=S)cc1C. The van der Waals surface area contributed by atoms with Crippen molar-refractivity contribution < 1.29 is 9.59 Å². The van der Waals surface area contributed by atoms with E-state index in [4.69, 9.17) is 12.2 Å². The largest absolute Gasteiger partial charge is 0.346 e. The molecule has 1 aliphatic heterocycles. The predicted molar refractivity (Wildman–Crippen MR) is 154 cm³/mol. The molecule has 2 aromatic carbocycles. The molecule has 190 valence electrons. The minimum atomic E-state index is -0.399. The number of hydrogen-bond donors (Lipinski definition) is 0. The zero-order chi connectivity index (χ0) is 26.3. The zero-order valence-corrected chi connectivity index (χ0v) is 22.8. The Bertz CT molecular complexity index is 1410. The molecule has 1 aromatic heterocycles. The van der Waals surface area contributed by atoms with Gasteiger partial charge in [-0.15, -0.1) is 0 Å². The summed E-state index contributed by atoms with van der Waals surface area (Å²) in [6, 6.07) is 17.7. The number of carbonyl (C=O) groups is 2. The van der Waals surface area contributed by atoms with Gasteiger partial charge in [-0.1, -0.05) is 43.5 Å². The van der Waals surface area contributed by atoms with Gasteiger partial charge in [0.25, 0.3) is 11.8 Å². The van der Waals surface area contributed by atoms with Crippen LogP contribution in [0.5, 0.6) is 0 Å². The summed E-state index contributed by atoms with van der Waals surface area (Å²) in [6.07, 6.45) is 7.87. The number of aryl methyl sites for hydroxylation is 3. The lowest BCUT2D eigenvalue weighted by Gasteiger charge is -2.36. The molecule has 0 spiro atoms. The van der Waals surface area contributed by atoms with Crippen molar-refractivity contribution in [3.8, 4) is 0 Å². The molecule has 5 nitrogen and oxygen atoms in total. The molecular formula is C31H33N3O2S. The minimum Gasteiger partial charge on any atom is -0.346 e. The van der Waals surface area contributed by atoms with E-state index in [1.165, 1.54) is 41.9 Å². The Hall–Kier alpha value is -3.51. The van der Waals surface area contributed by atoms with Gasteiger partial charge in [0.1, 0.15) is 5.57 Å². The molecule has 2 amide bonds. The smallest absolute Gasteiger partial charge is 0.270 e. The first-order chi connectivity index (χ1) is 17.8. The molecule has 0 unspecified atom stereocenters. The number of carbonyl (C=O) groups excluding carboxylic acids is 2. The van der Waals surface area contributed by atoms with Crippen LogP contribution in [0.1, 0.15) is 66.2 Å². The maximum absolute atomic E-state index is 13.9. The first-order valence-corrected chi connectivity index (χ1v) is 13.4. The Labute approximate surface area is 224 Å². The fourth-order valence-electron chi connectivity index (χ4n) is 5.63. The monoisotopic (exact) mass is 511 g/mol. The standard InChI is InChI=1S/C31H33N3O2S/c1-20-15-16-27(17-21(20)2)34-30(36)28(29(35)33(31(34)37)26-13-9-6-10-14-26)19-24-18-22(3)32(23(24)4)25-11-7-5-8-12-25/h6,9-10,13-19,25H,5,7-8,11-12H2,1-4H3/b28-19-. The Kier molecular flexibility index (Phi) is 6.86. The maximum atomic E-state index is 13.9. The summed E-state index contributed by atoms with van der Waals surface area (Å²) in [5, 5.41) is 0.161. The molecule has 2 aliphatic rings. The van der Waals surface area contributed by atoms with Gasteiger partial charge in [-0.2, -0.15) is 0 Å². The van der Waals surface area contributed by atoms with E-state index in [9.17, 15) is 9.59 Å². The van der Waals surface area contributed by atoms with Crippen LogP contribution in [-0.4, -0.2) is 21.5 Å². The highest BCUT2D eigenvalue weighted by Gasteiger charge is 2.41. The second-order valence-electron chi connectivity index (χ2n) is 10.2. The topological polar surface area (TPSA) is 45.6 Å². The number of benzene rings is 2. The van der Waals surface area contributed by atoms with Gasteiger partial charge in [0.15, 0.2) is 5.11 Å². The lowest BCUT2D eigenvalue weighted by Crippen LogP contribution is -2.57. The van der Waals surface area contributed by atoms with E-state index in [1.807, 2.05) is 62.4 Å². The normalized spacial score (nSPS) is 18.3. The summed E-state index contributed by atoms with van der Waals surface area (Å²) in [7, 11) is 0. The van der Waals surface area contributed by atoms with E-state index < -0.39 is 11.8 Å². The second-order valence-corrected chi connectivity index (χ2v) is 10.6. The molecule has 0 bridgehead atoms. The third kappa shape index (κ3) is 4.55. The summed E-state index contributed by atoms with van der Waals surface area (Å²) in [4.78, 5) is 30.8. The Morgan fingerprint density at radius 1 is 0.784 bits per heavy atom. The van der Waals surface area contributed by atoms with Gasteiger partial charge in [0, 0.05) is 17.4 Å². The third-order valence-electron chi connectivity index (χ3n) is 7.78. The van der Waals surface area contributed by atoms with Crippen LogP contribution >= 0.6 is 12.2 Å². The molecule has 1 saturated heterocycles. The van der Waals surface area contributed by atoms with Gasteiger partial charge >= 0.3 is 0 Å². The quantitative estimate of drug-likeness (QED) is 0.216. The molecule has 1 saturated carbocycles. The van der Waals surface area contributed by atoms with E-state index in [0.29, 0.717) is 17.4 Å². The first-order valence-electron chi connectivity index (χ1n) is 13.0. The average molecular weight is 512 g/mol. The highest BCUT2D eigenvalue weighted by molar-refractivity contribution is 7.81. The van der Waals surface area contributed by atoms with E-state index >= 15 is 0 Å². The van der Waals surface area contributed by atoms with Crippen LogP contribution in [0.2, 0.25) is 0 Å². The predicted octanol–water partition coefficient (Wildman–Crippen LogP) is 6.98. The van der Waals surface area contributed by atoms with Crippen LogP contribution < -0.4 is 9.80 Å². The molecular weight excluding hydrogens is 478 g/mol. The molecule has 1 aliphatic carbocycles. The van der Waals surface area contributed by atoms with Crippen molar-refractivity contribution in [3.05, 3.63) is 88.2 Å². The van der Waals surface area contributed by atoms with Crippen molar-refractivity contribution in [1.29, 1.82) is 0 Å². The first kappa shape index (κ1) is 25.2. The van der Waals surface area contributed by atoms with Crippen molar-refractivity contribution in [1.82, 2.24) is 4.57 Å². The molecule has 3 aromatic rings. The molecule has 0 atom stereocenters. The zero-order valence-electron chi connectivity index (χ0n) is 22.0. The van der Waals surface area contributed by atoms with Crippen LogP contribution in [0, 0.1) is 27.7 Å². The number of amides is 2. The van der Waals surface area contributed by atoms with Crippen molar-refractivity contribution in [2.75, 3.05) is 9.80 Å². The third-order valence-corrected chi connectivity index (χ3v) is 8.14. The molecule has 2 fully saturated rings. The highest BCUT2D eigenvalue weighted by Crippen LogP contribution is 2.35. The fraction of sp³-hybridized carbons (Fsp3) is 0.323. The van der Waals surface area contributed by atoms with Gasteiger partial charge in [0.2, 0.25) is 0 Å². The Morgan fingerprint density at radius 3 is 2.08 bits per heavy atom.